The highest BCUT2D eigenvalue weighted by Gasteiger charge is 2.33. The molecule has 0 aliphatic carbocycles. The van der Waals surface area contributed by atoms with E-state index in [9.17, 15) is 0 Å². The van der Waals surface area contributed by atoms with Gasteiger partial charge in [0.2, 0.25) is 0 Å². The Bertz CT molecular complexity index is 187. The molecule has 90 valence electrons. The number of rotatable bonds is 4. The van der Waals surface area contributed by atoms with Gasteiger partial charge in [0.15, 0.2) is 0 Å². The molecular formula is C13H28N2. The van der Waals surface area contributed by atoms with Crippen molar-refractivity contribution >= 4 is 0 Å². The molecule has 0 amide bonds. The van der Waals surface area contributed by atoms with E-state index in [1.54, 1.807) is 0 Å². The van der Waals surface area contributed by atoms with Crippen LogP contribution in [0.1, 0.15) is 47.0 Å². The Morgan fingerprint density at radius 3 is 2.60 bits per heavy atom. The van der Waals surface area contributed by atoms with Gasteiger partial charge >= 0.3 is 0 Å². The summed E-state index contributed by atoms with van der Waals surface area (Å²) in [6.07, 6.45) is 3.91. The van der Waals surface area contributed by atoms with Gasteiger partial charge in [-0.15, -0.1) is 0 Å². The molecule has 1 fully saturated rings. The summed E-state index contributed by atoms with van der Waals surface area (Å²) in [4.78, 5) is 2.65. The third kappa shape index (κ3) is 3.76. The molecule has 1 unspecified atom stereocenters. The van der Waals surface area contributed by atoms with Crippen LogP contribution in [0.25, 0.3) is 0 Å². The van der Waals surface area contributed by atoms with Crippen molar-refractivity contribution in [1.29, 1.82) is 0 Å². The van der Waals surface area contributed by atoms with Crippen molar-refractivity contribution in [3.05, 3.63) is 0 Å². The van der Waals surface area contributed by atoms with Gasteiger partial charge in [-0.1, -0.05) is 13.8 Å². The number of hydrogen-bond acceptors (Lipinski definition) is 2. The summed E-state index contributed by atoms with van der Waals surface area (Å²) < 4.78 is 0. The van der Waals surface area contributed by atoms with Crippen LogP contribution in [0.4, 0.5) is 0 Å². The van der Waals surface area contributed by atoms with Gasteiger partial charge in [0.25, 0.3) is 0 Å². The first-order valence-corrected chi connectivity index (χ1v) is 6.41. The largest absolute Gasteiger partial charge is 0.330 e. The van der Waals surface area contributed by atoms with Crippen molar-refractivity contribution in [2.75, 3.05) is 19.6 Å². The first kappa shape index (κ1) is 13.0. The normalized spacial score (nSPS) is 27.2. The van der Waals surface area contributed by atoms with Crippen LogP contribution >= 0.6 is 0 Å². The minimum atomic E-state index is 0.389. The van der Waals surface area contributed by atoms with Gasteiger partial charge in [-0.25, -0.2) is 0 Å². The Morgan fingerprint density at radius 2 is 2.07 bits per heavy atom. The molecule has 1 saturated heterocycles. The quantitative estimate of drug-likeness (QED) is 0.776. The minimum absolute atomic E-state index is 0.389. The molecule has 0 bridgehead atoms. The van der Waals surface area contributed by atoms with Crippen LogP contribution in [0, 0.1) is 11.8 Å². The lowest BCUT2D eigenvalue weighted by Crippen LogP contribution is -2.52. The second-order valence-corrected chi connectivity index (χ2v) is 6.08. The average molecular weight is 212 g/mol. The summed E-state index contributed by atoms with van der Waals surface area (Å²) in [7, 11) is 0. The summed E-state index contributed by atoms with van der Waals surface area (Å²) >= 11 is 0. The highest BCUT2D eigenvalue weighted by molar-refractivity contribution is 4.89. The van der Waals surface area contributed by atoms with Crippen LogP contribution < -0.4 is 5.73 Å². The second-order valence-electron chi connectivity index (χ2n) is 6.08. The Labute approximate surface area is 95.2 Å². The molecule has 0 aromatic heterocycles. The van der Waals surface area contributed by atoms with E-state index in [0.29, 0.717) is 5.54 Å². The van der Waals surface area contributed by atoms with Crippen LogP contribution in [0.2, 0.25) is 0 Å². The molecule has 0 saturated carbocycles. The van der Waals surface area contributed by atoms with Crippen molar-refractivity contribution < 1.29 is 0 Å². The summed E-state index contributed by atoms with van der Waals surface area (Å²) in [6, 6.07) is 0. The Morgan fingerprint density at radius 1 is 1.40 bits per heavy atom. The predicted octanol–water partition coefficient (Wildman–Crippen LogP) is 2.48. The Kier molecular flexibility index (Phi) is 4.60. The third-order valence-corrected chi connectivity index (χ3v) is 3.81. The van der Waals surface area contributed by atoms with Gasteiger partial charge in [0.05, 0.1) is 0 Å². The fourth-order valence-corrected chi connectivity index (χ4v) is 2.37. The van der Waals surface area contributed by atoms with E-state index < -0.39 is 0 Å². The fourth-order valence-electron chi connectivity index (χ4n) is 2.37. The van der Waals surface area contributed by atoms with Gasteiger partial charge in [-0.3, -0.25) is 4.90 Å². The predicted molar refractivity (Wildman–Crippen MR) is 66.9 cm³/mol. The third-order valence-electron chi connectivity index (χ3n) is 3.81. The van der Waals surface area contributed by atoms with E-state index >= 15 is 0 Å². The van der Waals surface area contributed by atoms with Crippen LogP contribution in [-0.4, -0.2) is 30.1 Å². The fraction of sp³-hybridized carbons (Fsp3) is 1.00. The van der Waals surface area contributed by atoms with Crippen LogP contribution in [0.5, 0.6) is 0 Å². The molecule has 1 aliphatic rings. The molecule has 0 aromatic rings. The van der Waals surface area contributed by atoms with Crippen molar-refractivity contribution in [3.8, 4) is 0 Å². The monoisotopic (exact) mass is 212 g/mol. The standard InChI is InChI=1S/C13H28N2/c1-11(2)6-8-15-10-12(9-14)5-7-13(15,3)4/h11-12H,5-10,14H2,1-4H3. The maximum Gasteiger partial charge on any atom is 0.0153 e. The van der Waals surface area contributed by atoms with Crippen molar-refractivity contribution in [2.45, 2.75) is 52.5 Å². The van der Waals surface area contributed by atoms with E-state index in [1.165, 1.54) is 32.4 Å². The van der Waals surface area contributed by atoms with E-state index in [4.69, 9.17) is 5.73 Å². The molecule has 1 aliphatic heterocycles. The van der Waals surface area contributed by atoms with E-state index in [1.807, 2.05) is 0 Å². The van der Waals surface area contributed by atoms with Gasteiger partial charge in [0, 0.05) is 12.1 Å². The maximum atomic E-state index is 5.78. The SMILES string of the molecule is CC(C)CCN1CC(CN)CCC1(C)C. The number of likely N-dealkylation sites (tertiary alicyclic amines) is 1. The van der Waals surface area contributed by atoms with Gasteiger partial charge in [-0.2, -0.15) is 0 Å². The number of nitrogens with zero attached hydrogens (tertiary/aromatic N) is 1. The molecule has 2 heteroatoms. The van der Waals surface area contributed by atoms with Gasteiger partial charge < -0.3 is 5.73 Å². The van der Waals surface area contributed by atoms with Crippen molar-refractivity contribution in [3.63, 3.8) is 0 Å². The van der Waals surface area contributed by atoms with Crippen molar-refractivity contribution in [1.82, 2.24) is 4.90 Å². The van der Waals surface area contributed by atoms with E-state index in [-0.39, 0.29) is 0 Å². The van der Waals surface area contributed by atoms with Crippen LogP contribution in [0.15, 0.2) is 0 Å². The first-order chi connectivity index (χ1) is 6.95. The Balaban J connectivity index is 2.48. The molecular weight excluding hydrogens is 184 g/mol. The second kappa shape index (κ2) is 5.31. The number of piperidine rings is 1. The smallest absolute Gasteiger partial charge is 0.0153 e. The number of nitrogens with two attached hydrogens (primary N) is 1. The molecule has 1 atom stereocenters. The summed E-state index contributed by atoms with van der Waals surface area (Å²) in [6.45, 7) is 12.7. The molecule has 2 nitrogen and oxygen atoms in total. The van der Waals surface area contributed by atoms with Crippen LogP contribution in [0.3, 0.4) is 0 Å². The minimum Gasteiger partial charge on any atom is -0.330 e. The topological polar surface area (TPSA) is 29.3 Å². The zero-order valence-corrected chi connectivity index (χ0v) is 10.9. The molecule has 0 radical (unpaired) electrons. The molecule has 0 aromatic carbocycles. The Hall–Kier alpha value is -0.0800. The summed E-state index contributed by atoms with van der Waals surface area (Å²) in [5.41, 5.74) is 6.17. The highest BCUT2D eigenvalue weighted by Crippen LogP contribution is 2.30. The molecule has 1 rings (SSSR count). The zero-order valence-electron chi connectivity index (χ0n) is 10.9. The lowest BCUT2D eigenvalue weighted by Gasteiger charge is -2.45. The molecule has 1 heterocycles. The van der Waals surface area contributed by atoms with E-state index in [2.05, 4.69) is 32.6 Å². The first-order valence-electron chi connectivity index (χ1n) is 6.41. The highest BCUT2D eigenvalue weighted by atomic mass is 15.2. The maximum absolute atomic E-state index is 5.78. The van der Waals surface area contributed by atoms with Crippen molar-refractivity contribution in [2.24, 2.45) is 17.6 Å². The summed E-state index contributed by atoms with van der Waals surface area (Å²) in [5, 5.41) is 0. The summed E-state index contributed by atoms with van der Waals surface area (Å²) in [5.74, 6) is 1.53. The molecule has 2 N–H and O–H groups in total. The van der Waals surface area contributed by atoms with E-state index in [0.717, 1.165) is 18.4 Å². The number of hydrogen-bond donors (Lipinski definition) is 1. The zero-order chi connectivity index (χ0) is 11.5. The molecule has 0 spiro atoms. The van der Waals surface area contributed by atoms with Crippen LogP contribution in [-0.2, 0) is 0 Å². The van der Waals surface area contributed by atoms with Gasteiger partial charge in [-0.05, 0) is 58.0 Å². The lowest BCUT2D eigenvalue weighted by molar-refractivity contribution is 0.0437. The molecule has 15 heavy (non-hydrogen) atoms. The average Bonchev–Trinajstić information content (AvgIpc) is 2.15. The van der Waals surface area contributed by atoms with Gasteiger partial charge in [0.1, 0.15) is 0 Å². The lowest BCUT2D eigenvalue weighted by atomic mass is 9.84.